The Morgan fingerprint density at radius 3 is 2.71 bits per heavy atom. The van der Waals surface area contributed by atoms with Crippen LogP contribution >= 0.6 is 0 Å². The highest BCUT2D eigenvalue weighted by Crippen LogP contribution is 2.13. The zero-order chi connectivity index (χ0) is 15.2. The quantitative estimate of drug-likeness (QED) is 0.886. The van der Waals surface area contributed by atoms with Crippen molar-refractivity contribution in [2.75, 3.05) is 5.32 Å². The van der Waals surface area contributed by atoms with Crippen LogP contribution < -0.4 is 10.6 Å². The Morgan fingerprint density at radius 2 is 2.00 bits per heavy atom. The number of amides is 1. The molecular formula is C17H21N3O. The number of aromatic nitrogens is 1. The first-order chi connectivity index (χ1) is 10.1. The van der Waals surface area contributed by atoms with Gasteiger partial charge in [-0.2, -0.15) is 0 Å². The number of carbonyl (C=O) groups is 1. The highest BCUT2D eigenvalue weighted by molar-refractivity contribution is 5.94. The van der Waals surface area contributed by atoms with Crippen LogP contribution in [-0.2, 0) is 6.54 Å². The molecule has 110 valence electrons. The van der Waals surface area contributed by atoms with Crippen molar-refractivity contribution >= 4 is 11.6 Å². The second-order valence-electron chi connectivity index (χ2n) is 5.37. The molecule has 0 aliphatic rings. The molecule has 4 nitrogen and oxygen atoms in total. The van der Waals surface area contributed by atoms with Gasteiger partial charge in [0.2, 0.25) is 0 Å². The van der Waals surface area contributed by atoms with E-state index in [9.17, 15) is 4.79 Å². The van der Waals surface area contributed by atoms with E-state index in [-0.39, 0.29) is 11.9 Å². The van der Waals surface area contributed by atoms with Crippen LogP contribution in [0.15, 0.2) is 42.7 Å². The van der Waals surface area contributed by atoms with Gasteiger partial charge in [-0.25, -0.2) is 0 Å². The van der Waals surface area contributed by atoms with Crippen molar-refractivity contribution in [1.29, 1.82) is 0 Å². The summed E-state index contributed by atoms with van der Waals surface area (Å²) in [4.78, 5) is 16.1. The van der Waals surface area contributed by atoms with Crippen LogP contribution in [0.2, 0.25) is 0 Å². The molecule has 0 bridgehead atoms. The first kappa shape index (κ1) is 15.0. The third-order valence-corrected chi connectivity index (χ3v) is 3.16. The molecule has 0 aliphatic carbocycles. The summed E-state index contributed by atoms with van der Waals surface area (Å²) in [6.07, 6.45) is 3.31. The van der Waals surface area contributed by atoms with Crippen molar-refractivity contribution in [1.82, 2.24) is 10.3 Å². The number of benzene rings is 1. The molecule has 0 atom stereocenters. The van der Waals surface area contributed by atoms with Crippen LogP contribution in [0.5, 0.6) is 0 Å². The fourth-order valence-electron chi connectivity index (χ4n) is 2.01. The highest BCUT2D eigenvalue weighted by atomic mass is 16.1. The minimum absolute atomic E-state index is 0.1000. The monoisotopic (exact) mass is 283 g/mol. The molecule has 2 rings (SSSR count). The molecule has 1 aromatic heterocycles. The van der Waals surface area contributed by atoms with E-state index in [1.165, 1.54) is 11.1 Å². The van der Waals surface area contributed by atoms with Crippen LogP contribution in [0.3, 0.4) is 0 Å². The predicted octanol–water partition coefficient (Wildman–Crippen LogP) is 3.14. The maximum absolute atomic E-state index is 12.0. The van der Waals surface area contributed by atoms with Gasteiger partial charge in [0, 0.05) is 25.0 Å². The van der Waals surface area contributed by atoms with Crippen molar-refractivity contribution in [2.24, 2.45) is 0 Å². The highest BCUT2D eigenvalue weighted by Gasteiger charge is 2.08. The summed E-state index contributed by atoms with van der Waals surface area (Å²) in [6, 6.07) is 10.2. The predicted molar refractivity (Wildman–Crippen MR) is 85.3 cm³/mol. The van der Waals surface area contributed by atoms with E-state index in [4.69, 9.17) is 0 Å². The molecule has 0 unspecified atom stereocenters. The van der Waals surface area contributed by atoms with Gasteiger partial charge in [-0.15, -0.1) is 0 Å². The molecule has 21 heavy (non-hydrogen) atoms. The summed E-state index contributed by atoms with van der Waals surface area (Å²) in [6.45, 7) is 6.67. The lowest BCUT2D eigenvalue weighted by atomic mass is 10.1. The van der Waals surface area contributed by atoms with Crippen molar-refractivity contribution in [3.05, 3.63) is 59.4 Å². The van der Waals surface area contributed by atoms with E-state index in [1.54, 1.807) is 12.4 Å². The number of aryl methyl sites for hydroxylation is 1. The van der Waals surface area contributed by atoms with E-state index >= 15 is 0 Å². The van der Waals surface area contributed by atoms with Gasteiger partial charge in [0.15, 0.2) is 0 Å². The molecule has 4 heteroatoms. The van der Waals surface area contributed by atoms with Crippen molar-refractivity contribution in [3.8, 4) is 0 Å². The Balaban J connectivity index is 2.04. The second kappa shape index (κ2) is 6.88. The molecule has 0 saturated heterocycles. The number of rotatable bonds is 5. The summed E-state index contributed by atoms with van der Waals surface area (Å²) in [5.41, 5.74) is 3.88. The number of carbonyl (C=O) groups excluding carboxylic acids is 1. The van der Waals surface area contributed by atoms with Gasteiger partial charge in [0.25, 0.3) is 5.91 Å². The minimum Gasteiger partial charge on any atom is -0.380 e. The molecule has 0 aliphatic heterocycles. The van der Waals surface area contributed by atoms with Crippen LogP contribution in [0, 0.1) is 6.92 Å². The lowest BCUT2D eigenvalue weighted by molar-refractivity contribution is 0.0943. The van der Waals surface area contributed by atoms with Crippen molar-refractivity contribution in [2.45, 2.75) is 33.4 Å². The molecule has 1 amide bonds. The van der Waals surface area contributed by atoms with E-state index in [0.717, 1.165) is 5.69 Å². The first-order valence-electron chi connectivity index (χ1n) is 7.10. The second-order valence-corrected chi connectivity index (χ2v) is 5.37. The van der Waals surface area contributed by atoms with Crippen molar-refractivity contribution < 1.29 is 4.79 Å². The Hall–Kier alpha value is -2.36. The molecular weight excluding hydrogens is 262 g/mol. The fraction of sp³-hybridized carbons (Fsp3) is 0.294. The van der Waals surface area contributed by atoms with Crippen LogP contribution in [0.25, 0.3) is 0 Å². The Kier molecular flexibility index (Phi) is 4.93. The number of nitrogens with one attached hydrogen (secondary N) is 2. The SMILES string of the molecule is Cc1ccccc1CNc1cncc(C(=O)NC(C)C)c1. The zero-order valence-electron chi connectivity index (χ0n) is 12.7. The number of hydrogen-bond donors (Lipinski definition) is 2. The standard InChI is InChI=1S/C17H21N3O/c1-12(2)20-17(21)15-8-16(11-18-9-15)19-10-14-7-5-4-6-13(14)3/h4-9,11-12,19H,10H2,1-3H3,(H,20,21). The molecule has 1 aromatic carbocycles. The van der Waals surface area contributed by atoms with Gasteiger partial charge in [0.1, 0.15) is 0 Å². The summed E-state index contributed by atoms with van der Waals surface area (Å²) in [5, 5.41) is 6.17. The van der Waals surface area contributed by atoms with E-state index < -0.39 is 0 Å². The molecule has 0 fully saturated rings. The normalized spacial score (nSPS) is 10.5. The topological polar surface area (TPSA) is 54.0 Å². The van der Waals surface area contributed by atoms with Gasteiger partial charge in [0.05, 0.1) is 11.3 Å². The average molecular weight is 283 g/mol. The van der Waals surface area contributed by atoms with Gasteiger partial charge >= 0.3 is 0 Å². The van der Waals surface area contributed by atoms with Gasteiger partial charge in [-0.1, -0.05) is 24.3 Å². The third kappa shape index (κ3) is 4.31. The summed E-state index contributed by atoms with van der Waals surface area (Å²) < 4.78 is 0. The van der Waals surface area contributed by atoms with Crippen LogP contribution in [0.4, 0.5) is 5.69 Å². The first-order valence-corrected chi connectivity index (χ1v) is 7.10. The minimum atomic E-state index is -0.1000. The fourth-order valence-corrected chi connectivity index (χ4v) is 2.01. The molecule has 2 aromatic rings. The Bertz CT molecular complexity index is 623. The van der Waals surface area contributed by atoms with E-state index in [1.807, 2.05) is 32.0 Å². The lowest BCUT2D eigenvalue weighted by Gasteiger charge is -2.11. The third-order valence-electron chi connectivity index (χ3n) is 3.16. The van der Waals surface area contributed by atoms with Crippen LogP contribution in [-0.4, -0.2) is 16.9 Å². The summed E-state index contributed by atoms with van der Waals surface area (Å²) in [7, 11) is 0. The molecule has 1 heterocycles. The van der Waals surface area contributed by atoms with E-state index in [2.05, 4.69) is 34.7 Å². The lowest BCUT2D eigenvalue weighted by Crippen LogP contribution is -2.30. The molecule has 0 saturated carbocycles. The Morgan fingerprint density at radius 1 is 1.24 bits per heavy atom. The number of hydrogen-bond acceptors (Lipinski definition) is 3. The molecule has 0 radical (unpaired) electrons. The van der Waals surface area contributed by atoms with Crippen molar-refractivity contribution in [3.63, 3.8) is 0 Å². The number of anilines is 1. The summed E-state index contributed by atoms with van der Waals surface area (Å²) >= 11 is 0. The summed E-state index contributed by atoms with van der Waals surface area (Å²) in [5.74, 6) is -0.1000. The molecule has 2 N–H and O–H groups in total. The number of pyridine rings is 1. The van der Waals surface area contributed by atoms with Gasteiger partial charge < -0.3 is 10.6 Å². The average Bonchev–Trinajstić information content (AvgIpc) is 2.46. The maximum atomic E-state index is 12.0. The molecule has 0 spiro atoms. The smallest absolute Gasteiger partial charge is 0.253 e. The maximum Gasteiger partial charge on any atom is 0.253 e. The van der Waals surface area contributed by atoms with Crippen LogP contribution in [0.1, 0.15) is 35.3 Å². The number of nitrogens with zero attached hydrogens (tertiary/aromatic N) is 1. The zero-order valence-corrected chi connectivity index (χ0v) is 12.7. The largest absolute Gasteiger partial charge is 0.380 e. The van der Waals surface area contributed by atoms with Gasteiger partial charge in [-0.05, 0) is 38.0 Å². The Labute approximate surface area is 125 Å². The van der Waals surface area contributed by atoms with Gasteiger partial charge in [-0.3, -0.25) is 9.78 Å². The van der Waals surface area contributed by atoms with E-state index in [0.29, 0.717) is 12.1 Å².